The lowest BCUT2D eigenvalue weighted by molar-refractivity contribution is -0.132. The summed E-state index contributed by atoms with van der Waals surface area (Å²) in [5.41, 5.74) is 0.686. The summed E-state index contributed by atoms with van der Waals surface area (Å²) in [6.45, 7) is 10.3. The summed E-state index contributed by atoms with van der Waals surface area (Å²) < 4.78 is 5.17. The molecule has 3 rings (SSSR count). The Bertz CT molecular complexity index is 860. The minimum atomic E-state index is 0.0227. The van der Waals surface area contributed by atoms with Gasteiger partial charge in [0.25, 0.3) is 5.91 Å². The zero-order valence-corrected chi connectivity index (χ0v) is 18.7. The molecule has 1 aliphatic rings. The zero-order chi connectivity index (χ0) is 21.5. The summed E-state index contributed by atoms with van der Waals surface area (Å²) in [6.07, 6.45) is 0. The Morgan fingerprint density at radius 1 is 1.13 bits per heavy atom. The van der Waals surface area contributed by atoms with Gasteiger partial charge in [0.05, 0.1) is 17.9 Å². The molecule has 0 aliphatic carbocycles. The molecule has 1 aromatic carbocycles. The van der Waals surface area contributed by atoms with E-state index in [4.69, 9.17) is 4.52 Å². The summed E-state index contributed by atoms with van der Waals surface area (Å²) >= 11 is 1.52. The standard InChI is InChI=1S/C21H29N5O3S/c1-4-25(5-2)20(27)14-24-10-12-26(13-11-24)21(28)17-8-6-7-9-18(17)30-15-19-22-16(3)23-29-19/h6-9H,4-5,10-15H2,1-3H3. The van der Waals surface area contributed by atoms with Gasteiger partial charge < -0.3 is 14.3 Å². The van der Waals surface area contributed by atoms with Gasteiger partial charge in [-0.25, -0.2) is 0 Å². The number of rotatable bonds is 8. The molecule has 0 unspecified atom stereocenters. The van der Waals surface area contributed by atoms with Gasteiger partial charge in [-0.1, -0.05) is 17.3 Å². The smallest absolute Gasteiger partial charge is 0.255 e. The van der Waals surface area contributed by atoms with Gasteiger partial charge >= 0.3 is 0 Å². The Morgan fingerprint density at radius 3 is 2.47 bits per heavy atom. The van der Waals surface area contributed by atoms with Crippen molar-refractivity contribution in [2.45, 2.75) is 31.4 Å². The van der Waals surface area contributed by atoms with Gasteiger partial charge in [0, 0.05) is 44.2 Å². The van der Waals surface area contributed by atoms with Crippen molar-refractivity contribution in [3.8, 4) is 0 Å². The van der Waals surface area contributed by atoms with Crippen molar-refractivity contribution >= 4 is 23.6 Å². The Balaban J connectivity index is 1.57. The lowest BCUT2D eigenvalue weighted by Crippen LogP contribution is -2.51. The number of thioether (sulfide) groups is 1. The van der Waals surface area contributed by atoms with Crippen molar-refractivity contribution in [2.75, 3.05) is 45.8 Å². The minimum Gasteiger partial charge on any atom is -0.342 e. The van der Waals surface area contributed by atoms with Gasteiger partial charge in [0.2, 0.25) is 11.8 Å². The first-order valence-corrected chi connectivity index (χ1v) is 11.3. The van der Waals surface area contributed by atoms with Crippen LogP contribution in [0, 0.1) is 6.92 Å². The van der Waals surface area contributed by atoms with Crippen LogP contribution in [-0.4, -0.2) is 82.5 Å². The number of hydrogen-bond acceptors (Lipinski definition) is 7. The largest absolute Gasteiger partial charge is 0.342 e. The van der Waals surface area contributed by atoms with E-state index in [1.165, 1.54) is 11.8 Å². The van der Waals surface area contributed by atoms with Gasteiger partial charge in [-0.15, -0.1) is 11.8 Å². The number of likely N-dealkylation sites (N-methyl/N-ethyl adjacent to an activating group) is 1. The van der Waals surface area contributed by atoms with Crippen LogP contribution in [0.4, 0.5) is 0 Å². The highest BCUT2D eigenvalue weighted by atomic mass is 32.2. The second kappa shape index (κ2) is 10.6. The van der Waals surface area contributed by atoms with Crippen LogP contribution in [-0.2, 0) is 10.5 Å². The Kier molecular flexibility index (Phi) is 7.87. The summed E-state index contributed by atoms with van der Waals surface area (Å²) in [5, 5.41) is 3.80. The van der Waals surface area contributed by atoms with E-state index in [-0.39, 0.29) is 11.8 Å². The fourth-order valence-electron chi connectivity index (χ4n) is 3.45. The van der Waals surface area contributed by atoms with Crippen molar-refractivity contribution in [3.63, 3.8) is 0 Å². The molecule has 1 saturated heterocycles. The number of hydrogen-bond donors (Lipinski definition) is 0. The predicted octanol–water partition coefficient (Wildman–Crippen LogP) is 2.30. The van der Waals surface area contributed by atoms with Gasteiger partial charge in [-0.05, 0) is 32.9 Å². The molecule has 0 bridgehead atoms. The minimum absolute atomic E-state index is 0.0227. The van der Waals surface area contributed by atoms with Gasteiger partial charge in [0.15, 0.2) is 5.82 Å². The quantitative estimate of drug-likeness (QED) is 0.593. The summed E-state index contributed by atoms with van der Waals surface area (Å²) in [4.78, 5) is 36.4. The lowest BCUT2D eigenvalue weighted by atomic mass is 10.2. The van der Waals surface area contributed by atoms with Crippen molar-refractivity contribution in [1.82, 2.24) is 24.8 Å². The molecule has 8 nitrogen and oxygen atoms in total. The molecule has 0 saturated carbocycles. The van der Waals surface area contributed by atoms with E-state index in [2.05, 4.69) is 15.0 Å². The molecule has 30 heavy (non-hydrogen) atoms. The molecule has 1 aromatic heterocycles. The first-order valence-electron chi connectivity index (χ1n) is 10.3. The molecule has 0 radical (unpaired) electrons. The number of piperazine rings is 1. The highest BCUT2D eigenvalue weighted by molar-refractivity contribution is 7.98. The molecule has 1 fully saturated rings. The van der Waals surface area contributed by atoms with Gasteiger partial charge in [-0.2, -0.15) is 4.98 Å². The second-order valence-corrected chi connectivity index (χ2v) is 8.17. The summed E-state index contributed by atoms with van der Waals surface area (Å²) in [7, 11) is 0. The Morgan fingerprint density at radius 2 is 1.83 bits per heavy atom. The van der Waals surface area contributed by atoms with Gasteiger partial charge in [-0.3, -0.25) is 14.5 Å². The maximum absolute atomic E-state index is 13.1. The van der Waals surface area contributed by atoms with E-state index in [0.717, 1.165) is 18.0 Å². The summed E-state index contributed by atoms with van der Waals surface area (Å²) in [6, 6.07) is 7.61. The first kappa shape index (κ1) is 22.3. The van der Waals surface area contributed by atoms with E-state index in [1.807, 2.05) is 47.9 Å². The van der Waals surface area contributed by atoms with Crippen LogP contribution in [0.5, 0.6) is 0 Å². The molecular weight excluding hydrogens is 402 g/mol. The normalized spacial score (nSPS) is 14.7. The highest BCUT2D eigenvalue weighted by Crippen LogP contribution is 2.27. The fraction of sp³-hybridized carbons (Fsp3) is 0.524. The second-order valence-electron chi connectivity index (χ2n) is 7.15. The molecule has 0 spiro atoms. The van der Waals surface area contributed by atoms with Crippen molar-refractivity contribution in [1.29, 1.82) is 0 Å². The highest BCUT2D eigenvalue weighted by Gasteiger charge is 2.25. The van der Waals surface area contributed by atoms with Gasteiger partial charge in [0.1, 0.15) is 0 Å². The Hall–Kier alpha value is -2.39. The number of carbonyl (C=O) groups is 2. The van der Waals surface area contributed by atoms with Crippen LogP contribution in [0.1, 0.15) is 35.9 Å². The topological polar surface area (TPSA) is 82.8 Å². The SMILES string of the molecule is CCN(CC)C(=O)CN1CCN(C(=O)c2ccccc2SCc2nc(C)no2)CC1. The fourth-order valence-corrected chi connectivity index (χ4v) is 4.34. The zero-order valence-electron chi connectivity index (χ0n) is 17.8. The number of aromatic nitrogens is 2. The number of amides is 2. The average Bonchev–Trinajstić information content (AvgIpc) is 3.18. The van der Waals surface area contributed by atoms with Crippen LogP contribution >= 0.6 is 11.8 Å². The maximum atomic E-state index is 13.1. The molecule has 2 heterocycles. The number of aryl methyl sites for hydroxylation is 1. The first-order chi connectivity index (χ1) is 14.5. The molecule has 0 atom stereocenters. The molecule has 162 valence electrons. The van der Waals surface area contributed by atoms with Crippen molar-refractivity contribution < 1.29 is 14.1 Å². The number of benzene rings is 1. The molecule has 2 amide bonds. The van der Waals surface area contributed by atoms with Crippen LogP contribution in [0.15, 0.2) is 33.7 Å². The third-order valence-electron chi connectivity index (χ3n) is 5.17. The maximum Gasteiger partial charge on any atom is 0.255 e. The van der Waals surface area contributed by atoms with Crippen molar-refractivity contribution in [3.05, 3.63) is 41.5 Å². The van der Waals surface area contributed by atoms with E-state index in [9.17, 15) is 9.59 Å². The van der Waals surface area contributed by atoms with Crippen molar-refractivity contribution in [2.24, 2.45) is 0 Å². The monoisotopic (exact) mass is 431 g/mol. The third kappa shape index (κ3) is 5.60. The van der Waals surface area contributed by atoms with E-state index in [1.54, 1.807) is 6.92 Å². The molecule has 2 aromatic rings. The van der Waals surface area contributed by atoms with E-state index >= 15 is 0 Å². The van der Waals surface area contributed by atoms with Crippen LogP contribution in [0.3, 0.4) is 0 Å². The molecule has 0 N–H and O–H groups in total. The van der Waals surface area contributed by atoms with Crippen LogP contribution < -0.4 is 0 Å². The third-order valence-corrected chi connectivity index (χ3v) is 6.23. The average molecular weight is 432 g/mol. The van der Waals surface area contributed by atoms with Crippen LogP contribution in [0.2, 0.25) is 0 Å². The molecular formula is C21H29N5O3S. The number of nitrogens with zero attached hydrogens (tertiary/aromatic N) is 5. The molecule has 9 heteroatoms. The van der Waals surface area contributed by atoms with Crippen LogP contribution in [0.25, 0.3) is 0 Å². The lowest BCUT2D eigenvalue weighted by Gasteiger charge is -2.35. The van der Waals surface area contributed by atoms with E-state index in [0.29, 0.717) is 55.8 Å². The number of carbonyl (C=O) groups excluding carboxylic acids is 2. The summed E-state index contributed by atoms with van der Waals surface area (Å²) in [5.74, 6) is 1.85. The Labute approximate surface area is 181 Å². The predicted molar refractivity (Wildman–Crippen MR) is 115 cm³/mol. The van der Waals surface area contributed by atoms with E-state index < -0.39 is 0 Å². The molecule has 1 aliphatic heterocycles.